The number of nitrogens with zero attached hydrogens (tertiary/aromatic N) is 4. The summed E-state index contributed by atoms with van der Waals surface area (Å²) < 4.78 is 0. The maximum Gasteiger partial charge on any atom is 0.190 e. The number of aromatic nitrogens is 2. The van der Waals surface area contributed by atoms with Crippen LogP contribution in [0.25, 0.3) is 0 Å². The molecule has 0 atom stereocenters. The molecular formula is C14H15N5O. The summed E-state index contributed by atoms with van der Waals surface area (Å²) in [7, 11) is 0. The molecule has 1 aliphatic heterocycles. The molecule has 0 amide bonds. The van der Waals surface area contributed by atoms with Crippen LogP contribution in [0, 0.1) is 0 Å². The Bertz CT molecular complexity index is 638. The molecule has 3 rings (SSSR count). The second kappa shape index (κ2) is 5.16. The Labute approximate surface area is 116 Å². The Kier molecular flexibility index (Phi) is 3.20. The number of rotatable bonds is 2. The van der Waals surface area contributed by atoms with E-state index >= 15 is 0 Å². The molecule has 1 aromatic heterocycles. The average Bonchev–Trinajstić information content (AvgIpc) is 2.54. The van der Waals surface area contributed by atoms with Crippen LogP contribution < -0.4 is 10.6 Å². The van der Waals surface area contributed by atoms with Crippen molar-refractivity contribution in [3.8, 4) is 0 Å². The second-order valence-corrected chi connectivity index (χ2v) is 4.63. The minimum absolute atomic E-state index is 0.0388. The van der Waals surface area contributed by atoms with Crippen LogP contribution in [0.2, 0.25) is 0 Å². The fourth-order valence-electron chi connectivity index (χ4n) is 2.42. The molecule has 0 radical (unpaired) electrons. The van der Waals surface area contributed by atoms with Gasteiger partial charge in [-0.2, -0.15) is 0 Å². The molecule has 1 aliphatic rings. The van der Waals surface area contributed by atoms with Gasteiger partial charge in [0, 0.05) is 12.2 Å². The molecule has 3 N–H and O–H groups in total. The van der Waals surface area contributed by atoms with E-state index in [1.54, 1.807) is 6.20 Å². The normalized spacial score (nSPS) is 15.0. The Morgan fingerprint density at radius 3 is 2.85 bits per heavy atom. The van der Waals surface area contributed by atoms with E-state index in [0.717, 1.165) is 25.2 Å². The maximum atomic E-state index is 8.62. The van der Waals surface area contributed by atoms with Crippen molar-refractivity contribution in [2.45, 2.75) is 12.8 Å². The smallest absolute Gasteiger partial charge is 0.190 e. The minimum atomic E-state index is -0.0388. The second-order valence-electron chi connectivity index (χ2n) is 4.63. The van der Waals surface area contributed by atoms with Crippen LogP contribution in [0.1, 0.15) is 17.7 Å². The number of anilines is 2. The van der Waals surface area contributed by atoms with Crippen LogP contribution in [-0.2, 0) is 6.42 Å². The third-order valence-electron chi connectivity index (χ3n) is 3.40. The zero-order valence-corrected chi connectivity index (χ0v) is 10.9. The lowest BCUT2D eigenvalue weighted by atomic mass is 10.0. The van der Waals surface area contributed by atoms with Gasteiger partial charge in [0.05, 0.1) is 12.4 Å². The van der Waals surface area contributed by atoms with Crippen LogP contribution in [0.4, 0.5) is 11.5 Å². The van der Waals surface area contributed by atoms with E-state index in [9.17, 15) is 0 Å². The topological polar surface area (TPSA) is 87.6 Å². The van der Waals surface area contributed by atoms with Crippen LogP contribution in [-0.4, -0.2) is 27.6 Å². The molecule has 1 aromatic carbocycles. The molecule has 6 heteroatoms. The van der Waals surface area contributed by atoms with Crippen molar-refractivity contribution in [3.05, 3.63) is 47.9 Å². The first-order valence-electron chi connectivity index (χ1n) is 6.45. The van der Waals surface area contributed by atoms with Gasteiger partial charge < -0.3 is 15.8 Å². The SMILES string of the molecule is NC(=NO)c1cnc(N2CCCc3ccccc32)cn1. The monoisotopic (exact) mass is 269 g/mol. The number of hydrogen-bond donors (Lipinski definition) is 2. The predicted molar refractivity (Wildman–Crippen MR) is 76.3 cm³/mol. The van der Waals surface area contributed by atoms with E-state index in [2.05, 4.69) is 38.2 Å². The van der Waals surface area contributed by atoms with Gasteiger partial charge in [0.1, 0.15) is 5.69 Å². The van der Waals surface area contributed by atoms with Gasteiger partial charge in [0.15, 0.2) is 11.7 Å². The number of hydrogen-bond acceptors (Lipinski definition) is 5. The van der Waals surface area contributed by atoms with E-state index in [4.69, 9.17) is 10.9 Å². The molecule has 2 aromatic rings. The molecule has 0 fully saturated rings. The molecule has 2 heterocycles. The zero-order chi connectivity index (χ0) is 13.9. The van der Waals surface area contributed by atoms with Crippen molar-refractivity contribution in [3.63, 3.8) is 0 Å². The van der Waals surface area contributed by atoms with Crippen molar-refractivity contribution in [1.29, 1.82) is 0 Å². The molecule has 0 unspecified atom stereocenters. The first-order valence-corrected chi connectivity index (χ1v) is 6.45. The Morgan fingerprint density at radius 1 is 1.25 bits per heavy atom. The van der Waals surface area contributed by atoms with Crippen LogP contribution in [0.3, 0.4) is 0 Å². The van der Waals surface area contributed by atoms with Gasteiger partial charge in [-0.15, -0.1) is 0 Å². The summed E-state index contributed by atoms with van der Waals surface area (Å²) in [4.78, 5) is 10.7. The van der Waals surface area contributed by atoms with Gasteiger partial charge in [-0.3, -0.25) is 0 Å². The fraction of sp³-hybridized carbons (Fsp3) is 0.214. The highest BCUT2D eigenvalue weighted by atomic mass is 16.4. The van der Waals surface area contributed by atoms with E-state index < -0.39 is 0 Å². The summed E-state index contributed by atoms with van der Waals surface area (Å²) >= 11 is 0. The summed E-state index contributed by atoms with van der Waals surface area (Å²) in [5.74, 6) is 0.731. The molecule has 102 valence electrons. The van der Waals surface area contributed by atoms with Crippen molar-refractivity contribution < 1.29 is 5.21 Å². The van der Waals surface area contributed by atoms with Gasteiger partial charge in [-0.1, -0.05) is 23.4 Å². The van der Waals surface area contributed by atoms with Crippen molar-refractivity contribution >= 4 is 17.3 Å². The number of benzene rings is 1. The van der Waals surface area contributed by atoms with Gasteiger partial charge in [0.2, 0.25) is 0 Å². The first-order chi connectivity index (χ1) is 9.79. The molecular weight excluding hydrogens is 254 g/mol. The van der Waals surface area contributed by atoms with E-state index in [1.807, 2.05) is 6.07 Å². The average molecular weight is 269 g/mol. The minimum Gasteiger partial charge on any atom is -0.409 e. The molecule has 6 nitrogen and oxygen atoms in total. The Hall–Kier alpha value is -2.63. The highest BCUT2D eigenvalue weighted by Gasteiger charge is 2.18. The summed E-state index contributed by atoms with van der Waals surface area (Å²) in [6.07, 6.45) is 5.33. The fourth-order valence-corrected chi connectivity index (χ4v) is 2.42. The molecule has 0 aliphatic carbocycles. The van der Waals surface area contributed by atoms with Crippen molar-refractivity contribution in [2.24, 2.45) is 10.9 Å². The third-order valence-corrected chi connectivity index (χ3v) is 3.40. The van der Waals surface area contributed by atoms with Gasteiger partial charge in [0.25, 0.3) is 0 Å². The van der Waals surface area contributed by atoms with Crippen LogP contribution in [0.15, 0.2) is 41.8 Å². The lowest BCUT2D eigenvalue weighted by Gasteiger charge is -2.30. The lowest BCUT2D eigenvalue weighted by molar-refractivity contribution is 0.318. The van der Waals surface area contributed by atoms with Gasteiger partial charge >= 0.3 is 0 Å². The van der Waals surface area contributed by atoms with E-state index in [0.29, 0.717) is 5.69 Å². The highest BCUT2D eigenvalue weighted by Crippen LogP contribution is 2.31. The highest BCUT2D eigenvalue weighted by molar-refractivity contribution is 5.94. The quantitative estimate of drug-likeness (QED) is 0.374. The van der Waals surface area contributed by atoms with Crippen molar-refractivity contribution in [1.82, 2.24) is 9.97 Å². The largest absolute Gasteiger partial charge is 0.409 e. The molecule has 0 spiro atoms. The van der Waals surface area contributed by atoms with Crippen molar-refractivity contribution in [2.75, 3.05) is 11.4 Å². The van der Waals surface area contributed by atoms with Gasteiger partial charge in [-0.25, -0.2) is 9.97 Å². The zero-order valence-electron chi connectivity index (χ0n) is 10.9. The lowest BCUT2D eigenvalue weighted by Crippen LogP contribution is -2.26. The number of aryl methyl sites for hydroxylation is 1. The summed E-state index contributed by atoms with van der Waals surface area (Å²) in [5.41, 5.74) is 8.34. The van der Waals surface area contributed by atoms with Crippen LogP contribution >= 0.6 is 0 Å². The van der Waals surface area contributed by atoms with E-state index in [-0.39, 0.29) is 5.84 Å². The summed E-state index contributed by atoms with van der Waals surface area (Å²) in [5, 5.41) is 11.5. The van der Waals surface area contributed by atoms with Crippen LogP contribution in [0.5, 0.6) is 0 Å². The standard InChI is InChI=1S/C14H15N5O/c15-14(18-20)11-8-17-13(9-16-11)19-7-3-5-10-4-1-2-6-12(10)19/h1-2,4,6,8-9,20H,3,5,7H2,(H2,15,18). The first kappa shape index (κ1) is 12.4. The molecule has 0 bridgehead atoms. The third kappa shape index (κ3) is 2.16. The van der Waals surface area contributed by atoms with E-state index in [1.165, 1.54) is 17.4 Å². The Balaban J connectivity index is 1.95. The Morgan fingerprint density at radius 2 is 2.10 bits per heavy atom. The maximum absolute atomic E-state index is 8.62. The number of oxime groups is 1. The predicted octanol–water partition coefficient (Wildman–Crippen LogP) is 1.66. The number of para-hydroxylation sites is 1. The summed E-state index contributed by atoms with van der Waals surface area (Å²) in [6, 6.07) is 8.30. The van der Waals surface area contributed by atoms with Gasteiger partial charge in [-0.05, 0) is 24.5 Å². The number of amidine groups is 1. The molecule has 0 saturated heterocycles. The summed E-state index contributed by atoms with van der Waals surface area (Å²) in [6.45, 7) is 0.911. The number of nitrogens with two attached hydrogens (primary N) is 1. The molecule has 0 saturated carbocycles. The number of fused-ring (bicyclic) bond motifs is 1. The molecule has 20 heavy (non-hydrogen) atoms.